The normalized spacial score (nSPS) is 14.2. The van der Waals surface area contributed by atoms with E-state index in [1.807, 2.05) is 133 Å². The van der Waals surface area contributed by atoms with Crippen molar-refractivity contribution < 1.29 is 16.4 Å². The van der Waals surface area contributed by atoms with Gasteiger partial charge >= 0.3 is 0 Å². The van der Waals surface area contributed by atoms with Crippen molar-refractivity contribution in [1.82, 2.24) is 19.5 Å². The molecular weight excluding hydrogens is 717 g/mol. The molecule has 0 saturated heterocycles. The summed E-state index contributed by atoms with van der Waals surface area (Å²) in [6, 6.07) is 38.9. The van der Waals surface area contributed by atoms with Crippen LogP contribution in [0.1, 0.15) is 16.4 Å². The fraction of sp³-hybridized carbons (Fsp3) is 0. The third kappa shape index (κ3) is 6.24. The molecule has 276 valence electrons. The van der Waals surface area contributed by atoms with E-state index in [1.165, 1.54) is 4.57 Å². The maximum atomic E-state index is 9.80. The summed E-state index contributed by atoms with van der Waals surface area (Å²) in [5.74, 6) is 0.811. The first-order valence-electron chi connectivity index (χ1n) is 25.0. The Kier molecular flexibility index (Phi) is 5.90. The Balaban J connectivity index is 1.29. The minimum absolute atomic E-state index is 0.128. The van der Waals surface area contributed by atoms with Crippen LogP contribution in [-0.2, 0) is 0 Å². The zero-order chi connectivity index (χ0) is 49.6. The Bertz CT molecular complexity index is 3980. The van der Waals surface area contributed by atoms with E-state index in [0.29, 0.717) is 33.9 Å². The SMILES string of the molecule is [2H]c1c([2H])c([2H])c(-c2c([2H])c([2H])c3c(c2[2H])c2c([2H])c([2H])c([2H])c([2H])c2n3-c2cccc(-c3ccc4ccccc4c3)c2-c2nc(-c3ccccc3)nc(-c3ccc(-c4ccccc4)cc3)n2)c([2H])c1[2H]. The second kappa shape index (κ2) is 14.5. The molecule has 0 atom stereocenters. The van der Waals surface area contributed by atoms with Gasteiger partial charge in [-0.1, -0.05) is 188 Å². The van der Waals surface area contributed by atoms with Crippen LogP contribution < -0.4 is 0 Å². The van der Waals surface area contributed by atoms with Crippen molar-refractivity contribution in [1.29, 1.82) is 0 Å². The van der Waals surface area contributed by atoms with E-state index < -0.39 is 83.6 Å². The molecule has 0 spiro atoms. The van der Waals surface area contributed by atoms with Crippen LogP contribution >= 0.6 is 0 Å². The monoisotopic (exact) mass is 764 g/mol. The molecular formula is C55H36N4. The lowest BCUT2D eigenvalue weighted by Crippen LogP contribution is -2.05. The predicted molar refractivity (Wildman–Crippen MR) is 244 cm³/mol. The standard InChI is InChI=1S/C55H36N4/c1-4-15-37(16-5-1)40-27-30-42(31-28-40)54-56-53(41-20-8-3-9-21-41)57-55(58-54)52-46(45-32-29-39-19-10-11-22-43(39)35-45)24-14-26-51(52)59-49-25-13-12-23-47(49)48-36-44(33-34-50(48)59)38-17-6-2-7-18-38/h1-36H/i2D,6D,7D,12D,13D,17D,18D,23D,25D,33D,34D,36D. The molecule has 0 unspecified atom stereocenters. The second-order valence-electron chi connectivity index (χ2n) is 13.9. The van der Waals surface area contributed by atoms with Crippen molar-refractivity contribution >= 4 is 32.6 Å². The van der Waals surface area contributed by atoms with E-state index in [-0.39, 0.29) is 33.3 Å². The van der Waals surface area contributed by atoms with Crippen molar-refractivity contribution in [2.24, 2.45) is 0 Å². The number of benzene rings is 9. The molecule has 0 aliphatic rings. The molecule has 2 aromatic heterocycles. The summed E-state index contributed by atoms with van der Waals surface area (Å²) in [4.78, 5) is 15.4. The Morgan fingerprint density at radius 3 is 1.75 bits per heavy atom. The maximum Gasteiger partial charge on any atom is 0.166 e. The highest BCUT2D eigenvalue weighted by molar-refractivity contribution is 6.11. The van der Waals surface area contributed by atoms with Gasteiger partial charge in [0.1, 0.15) is 0 Å². The summed E-state index contributed by atoms with van der Waals surface area (Å²) < 4.78 is 110. The summed E-state index contributed by atoms with van der Waals surface area (Å²) in [6.07, 6.45) is 0. The number of nitrogens with zero attached hydrogens (tertiary/aromatic N) is 4. The third-order valence-corrected chi connectivity index (χ3v) is 10.4. The van der Waals surface area contributed by atoms with Gasteiger partial charge in [-0.15, -0.1) is 0 Å². The van der Waals surface area contributed by atoms with Gasteiger partial charge in [-0.25, -0.2) is 15.0 Å². The first-order valence-corrected chi connectivity index (χ1v) is 19.0. The highest BCUT2D eigenvalue weighted by atomic mass is 15.1. The first-order chi connectivity index (χ1) is 34.2. The molecule has 0 aliphatic heterocycles. The zero-order valence-electron chi connectivity index (χ0n) is 43.1. The highest BCUT2D eigenvalue weighted by Gasteiger charge is 2.23. The fourth-order valence-electron chi connectivity index (χ4n) is 7.59. The van der Waals surface area contributed by atoms with Crippen molar-refractivity contribution in [3.8, 4) is 73.2 Å². The quantitative estimate of drug-likeness (QED) is 0.162. The molecule has 59 heavy (non-hydrogen) atoms. The fourth-order valence-corrected chi connectivity index (χ4v) is 7.59. The molecule has 2 heterocycles. The van der Waals surface area contributed by atoms with E-state index in [4.69, 9.17) is 24.5 Å². The van der Waals surface area contributed by atoms with E-state index in [0.717, 1.165) is 27.5 Å². The first kappa shape index (κ1) is 24.0. The van der Waals surface area contributed by atoms with Crippen LogP contribution in [0.3, 0.4) is 0 Å². The largest absolute Gasteiger partial charge is 0.308 e. The lowest BCUT2D eigenvalue weighted by atomic mass is 9.95. The summed E-state index contributed by atoms with van der Waals surface area (Å²) in [5.41, 5.74) is 4.08. The smallest absolute Gasteiger partial charge is 0.166 e. The molecule has 0 saturated carbocycles. The van der Waals surface area contributed by atoms with Gasteiger partial charge < -0.3 is 4.57 Å². The minimum Gasteiger partial charge on any atom is -0.308 e. The molecule has 9 aromatic carbocycles. The number of hydrogen-bond donors (Lipinski definition) is 0. The van der Waals surface area contributed by atoms with Crippen LogP contribution in [0.2, 0.25) is 0 Å². The predicted octanol–water partition coefficient (Wildman–Crippen LogP) is 14.1. The molecule has 0 radical (unpaired) electrons. The number of rotatable bonds is 7. The molecule has 4 heteroatoms. The molecule has 11 rings (SSSR count). The van der Waals surface area contributed by atoms with Gasteiger partial charge in [0, 0.05) is 21.9 Å². The third-order valence-electron chi connectivity index (χ3n) is 10.4. The molecule has 4 nitrogen and oxygen atoms in total. The van der Waals surface area contributed by atoms with Crippen molar-refractivity contribution in [3.63, 3.8) is 0 Å². The minimum atomic E-state index is -0.704. The van der Waals surface area contributed by atoms with Gasteiger partial charge in [0.25, 0.3) is 0 Å². The van der Waals surface area contributed by atoms with Crippen LogP contribution in [0.4, 0.5) is 0 Å². The topological polar surface area (TPSA) is 43.6 Å². The van der Waals surface area contributed by atoms with E-state index in [9.17, 15) is 6.85 Å². The maximum absolute atomic E-state index is 9.80. The Morgan fingerprint density at radius 2 is 0.966 bits per heavy atom. The molecule has 0 bridgehead atoms. The Labute approximate surface area is 359 Å². The Morgan fingerprint density at radius 1 is 0.373 bits per heavy atom. The van der Waals surface area contributed by atoms with Crippen LogP contribution in [0.25, 0.3) is 106 Å². The highest BCUT2D eigenvalue weighted by Crippen LogP contribution is 2.42. The number of fused-ring (bicyclic) bond motifs is 4. The van der Waals surface area contributed by atoms with Crippen LogP contribution in [0, 0.1) is 0 Å². The number of hydrogen-bond acceptors (Lipinski definition) is 3. The molecule has 0 fully saturated rings. The average Bonchev–Trinajstić information content (AvgIpc) is 3.78. The Hall–Kier alpha value is -7.95. The van der Waals surface area contributed by atoms with Crippen molar-refractivity contribution in [2.75, 3.05) is 0 Å². The summed E-state index contributed by atoms with van der Waals surface area (Å²) in [6.45, 7) is 0. The van der Waals surface area contributed by atoms with E-state index >= 15 is 0 Å². The van der Waals surface area contributed by atoms with Crippen molar-refractivity contribution in [3.05, 3.63) is 218 Å². The summed E-state index contributed by atoms with van der Waals surface area (Å²) >= 11 is 0. The number of para-hydroxylation sites is 1. The lowest BCUT2D eigenvalue weighted by Gasteiger charge is -2.19. The molecule has 11 aromatic rings. The van der Waals surface area contributed by atoms with Gasteiger partial charge in [0.05, 0.1) is 38.7 Å². The van der Waals surface area contributed by atoms with Gasteiger partial charge in [-0.3, -0.25) is 0 Å². The van der Waals surface area contributed by atoms with Crippen molar-refractivity contribution in [2.45, 2.75) is 0 Å². The van der Waals surface area contributed by atoms with E-state index in [1.54, 1.807) is 12.1 Å². The summed E-state index contributed by atoms with van der Waals surface area (Å²) in [5, 5.41) is 1.56. The van der Waals surface area contributed by atoms with Gasteiger partial charge in [-0.2, -0.15) is 0 Å². The summed E-state index contributed by atoms with van der Waals surface area (Å²) in [7, 11) is 0. The molecule has 0 aliphatic carbocycles. The average molecular weight is 765 g/mol. The zero-order valence-corrected chi connectivity index (χ0v) is 31.1. The van der Waals surface area contributed by atoms with Crippen LogP contribution in [0.15, 0.2) is 218 Å². The molecule has 0 N–H and O–H groups in total. The lowest BCUT2D eigenvalue weighted by molar-refractivity contribution is 1.06. The van der Waals surface area contributed by atoms with E-state index in [2.05, 4.69) is 0 Å². The van der Waals surface area contributed by atoms with Crippen LogP contribution in [-0.4, -0.2) is 19.5 Å². The van der Waals surface area contributed by atoms with Gasteiger partial charge in [0.15, 0.2) is 17.5 Å². The number of aromatic nitrogens is 4. The van der Waals surface area contributed by atoms with Gasteiger partial charge in [0.2, 0.25) is 0 Å². The second-order valence-corrected chi connectivity index (χ2v) is 13.9. The van der Waals surface area contributed by atoms with Gasteiger partial charge in [-0.05, 0) is 74.4 Å². The molecule has 0 amide bonds. The van der Waals surface area contributed by atoms with Crippen LogP contribution in [0.5, 0.6) is 0 Å².